The number of hydrogen-bond donors (Lipinski definition) is 4. The number of nitrogens with two attached hydrogens (primary N) is 1. The monoisotopic (exact) mass is 393 g/mol. The number of aromatic nitrogens is 4. The standard InChI is InChI=1S/C19H19N7OS/c20-15-11-5-6-28-19(11)25-18(27)14(15)17-22-12-3-4-13(23-16(12)24-17)26-8-9-1-2-10(26)7-21-9/h3-6,9-10,21H,1-2,7-8H2,(H3,20,25,27)(H,22,23,24). The van der Waals surface area contributed by atoms with E-state index in [0.29, 0.717) is 34.8 Å². The molecule has 3 saturated heterocycles. The average molecular weight is 393 g/mol. The lowest BCUT2D eigenvalue weighted by atomic mass is 9.93. The molecule has 0 saturated carbocycles. The minimum absolute atomic E-state index is 0.244. The number of aromatic amines is 2. The summed E-state index contributed by atoms with van der Waals surface area (Å²) < 4.78 is 0. The maximum absolute atomic E-state index is 12.6. The normalized spacial score (nSPS) is 21.8. The van der Waals surface area contributed by atoms with Crippen LogP contribution in [-0.2, 0) is 0 Å². The van der Waals surface area contributed by atoms with Gasteiger partial charge in [-0.15, -0.1) is 11.3 Å². The number of nitrogens with one attached hydrogen (secondary N) is 3. The quantitative estimate of drug-likeness (QED) is 0.414. The topological polar surface area (TPSA) is 116 Å². The van der Waals surface area contributed by atoms with E-state index >= 15 is 0 Å². The Hall–Kier alpha value is -2.91. The number of hydrogen-bond acceptors (Lipinski definition) is 7. The van der Waals surface area contributed by atoms with Crippen LogP contribution in [0.1, 0.15) is 12.8 Å². The molecular formula is C19H19N7OS. The fourth-order valence-corrected chi connectivity index (χ4v) is 5.22. The van der Waals surface area contributed by atoms with Crippen LogP contribution in [-0.4, -0.2) is 45.1 Å². The van der Waals surface area contributed by atoms with E-state index in [2.05, 4.69) is 25.2 Å². The number of nitrogen functional groups attached to an aromatic ring is 1. The fourth-order valence-electron chi connectivity index (χ4n) is 4.43. The van der Waals surface area contributed by atoms with Crippen molar-refractivity contribution in [1.29, 1.82) is 0 Å². The molecule has 4 aromatic rings. The number of fused-ring (bicyclic) bond motifs is 5. The molecule has 7 rings (SSSR count). The molecule has 0 spiro atoms. The molecule has 2 bridgehead atoms. The van der Waals surface area contributed by atoms with Crippen LogP contribution in [0.4, 0.5) is 11.5 Å². The summed E-state index contributed by atoms with van der Waals surface area (Å²) in [5.41, 5.74) is 8.26. The zero-order chi connectivity index (χ0) is 18.8. The van der Waals surface area contributed by atoms with E-state index in [4.69, 9.17) is 10.7 Å². The van der Waals surface area contributed by atoms with Gasteiger partial charge in [0.15, 0.2) is 5.65 Å². The highest BCUT2D eigenvalue weighted by atomic mass is 32.1. The Morgan fingerprint density at radius 3 is 2.89 bits per heavy atom. The van der Waals surface area contributed by atoms with Crippen LogP contribution >= 0.6 is 11.3 Å². The largest absolute Gasteiger partial charge is 0.397 e. The molecule has 2 unspecified atom stereocenters. The summed E-state index contributed by atoms with van der Waals surface area (Å²) in [6.07, 6.45) is 2.42. The van der Waals surface area contributed by atoms with Crippen LogP contribution in [0.5, 0.6) is 0 Å². The molecule has 0 radical (unpaired) electrons. The van der Waals surface area contributed by atoms with Crippen LogP contribution in [0.15, 0.2) is 28.4 Å². The van der Waals surface area contributed by atoms with Crippen molar-refractivity contribution >= 4 is 44.2 Å². The number of anilines is 2. The van der Waals surface area contributed by atoms with Gasteiger partial charge in [-0.05, 0) is 36.4 Å². The molecule has 3 aliphatic heterocycles. The Morgan fingerprint density at radius 2 is 2.11 bits per heavy atom. The van der Waals surface area contributed by atoms with Gasteiger partial charge in [-0.3, -0.25) is 4.79 Å². The van der Waals surface area contributed by atoms with E-state index in [0.717, 1.165) is 34.6 Å². The Balaban J connectivity index is 1.45. The SMILES string of the molecule is Nc1c(-c2nc3nc(N4CC5CCC4CN5)ccc3[nH]2)c(=O)[nH]c2sccc12. The van der Waals surface area contributed by atoms with Crippen molar-refractivity contribution in [3.05, 3.63) is 33.9 Å². The Kier molecular flexibility index (Phi) is 3.33. The first-order valence-corrected chi connectivity index (χ1v) is 10.3. The van der Waals surface area contributed by atoms with Gasteiger partial charge in [0.2, 0.25) is 0 Å². The Morgan fingerprint density at radius 1 is 1.18 bits per heavy atom. The molecule has 8 nitrogen and oxygen atoms in total. The van der Waals surface area contributed by atoms with E-state index in [1.165, 1.54) is 24.2 Å². The van der Waals surface area contributed by atoms with Crippen LogP contribution in [0.2, 0.25) is 0 Å². The second kappa shape index (κ2) is 5.79. The van der Waals surface area contributed by atoms with E-state index in [9.17, 15) is 4.79 Å². The third-order valence-corrected chi connectivity index (χ3v) is 6.72. The summed E-state index contributed by atoms with van der Waals surface area (Å²) in [5.74, 6) is 1.39. The van der Waals surface area contributed by atoms with Crippen molar-refractivity contribution in [1.82, 2.24) is 25.3 Å². The highest BCUT2D eigenvalue weighted by molar-refractivity contribution is 7.16. The minimum atomic E-state index is -0.244. The number of rotatable bonds is 2. The van der Waals surface area contributed by atoms with Gasteiger partial charge in [-0.25, -0.2) is 9.97 Å². The average Bonchev–Trinajstić information content (AvgIpc) is 3.35. The Bertz CT molecular complexity index is 1260. The lowest BCUT2D eigenvalue weighted by molar-refractivity contribution is 0.289. The zero-order valence-electron chi connectivity index (χ0n) is 15.0. The van der Waals surface area contributed by atoms with Gasteiger partial charge in [0.25, 0.3) is 5.56 Å². The minimum Gasteiger partial charge on any atom is -0.397 e. The number of piperidine rings is 2. The number of piperazine rings is 1. The molecule has 142 valence electrons. The van der Waals surface area contributed by atoms with E-state index in [1.54, 1.807) is 0 Å². The van der Waals surface area contributed by atoms with Crippen molar-refractivity contribution in [2.75, 3.05) is 23.7 Å². The van der Waals surface area contributed by atoms with Gasteiger partial charge in [0.05, 0.1) is 11.2 Å². The molecule has 4 aromatic heterocycles. The molecule has 7 heterocycles. The first-order valence-electron chi connectivity index (χ1n) is 9.43. The summed E-state index contributed by atoms with van der Waals surface area (Å²) >= 11 is 1.46. The second-order valence-electron chi connectivity index (χ2n) is 7.52. The number of thiophene rings is 1. The van der Waals surface area contributed by atoms with Crippen molar-refractivity contribution < 1.29 is 0 Å². The molecule has 28 heavy (non-hydrogen) atoms. The van der Waals surface area contributed by atoms with E-state index in [-0.39, 0.29) is 5.56 Å². The van der Waals surface area contributed by atoms with Gasteiger partial charge in [0.1, 0.15) is 22.0 Å². The summed E-state index contributed by atoms with van der Waals surface area (Å²) in [5, 5.41) is 6.31. The summed E-state index contributed by atoms with van der Waals surface area (Å²) in [6.45, 7) is 1.98. The van der Waals surface area contributed by atoms with Crippen LogP contribution in [0.3, 0.4) is 0 Å². The number of pyridine rings is 2. The van der Waals surface area contributed by atoms with Crippen LogP contribution in [0, 0.1) is 0 Å². The highest BCUT2D eigenvalue weighted by Crippen LogP contribution is 2.31. The molecule has 0 amide bonds. The third-order valence-electron chi connectivity index (χ3n) is 5.89. The van der Waals surface area contributed by atoms with Crippen molar-refractivity contribution in [3.63, 3.8) is 0 Å². The number of nitrogens with zero attached hydrogens (tertiary/aromatic N) is 3. The highest BCUT2D eigenvalue weighted by Gasteiger charge is 2.34. The van der Waals surface area contributed by atoms with Crippen molar-refractivity contribution in [2.24, 2.45) is 0 Å². The van der Waals surface area contributed by atoms with Gasteiger partial charge in [0, 0.05) is 30.6 Å². The predicted molar refractivity (Wildman–Crippen MR) is 112 cm³/mol. The van der Waals surface area contributed by atoms with E-state index < -0.39 is 0 Å². The van der Waals surface area contributed by atoms with Crippen LogP contribution < -0.4 is 21.5 Å². The molecule has 3 fully saturated rings. The fraction of sp³-hybridized carbons (Fsp3) is 0.316. The second-order valence-corrected chi connectivity index (χ2v) is 8.44. The molecule has 3 aliphatic rings. The third kappa shape index (κ3) is 2.29. The maximum Gasteiger partial charge on any atom is 0.262 e. The molecule has 0 aliphatic carbocycles. The summed E-state index contributed by atoms with van der Waals surface area (Å²) in [7, 11) is 0. The Labute approximate surface area is 163 Å². The smallest absolute Gasteiger partial charge is 0.262 e. The lowest BCUT2D eigenvalue weighted by Gasteiger charge is -2.46. The van der Waals surface area contributed by atoms with Gasteiger partial charge in [-0.2, -0.15) is 0 Å². The molecule has 9 heteroatoms. The van der Waals surface area contributed by atoms with Gasteiger partial charge >= 0.3 is 0 Å². The van der Waals surface area contributed by atoms with Crippen molar-refractivity contribution in [2.45, 2.75) is 24.9 Å². The molecular weight excluding hydrogens is 374 g/mol. The summed E-state index contributed by atoms with van der Waals surface area (Å²) in [4.78, 5) is 31.2. The number of imidazole rings is 1. The first-order chi connectivity index (χ1) is 13.7. The lowest BCUT2D eigenvalue weighted by Crippen LogP contribution is -2.61. The molecule has 5 N–H and O–H groups in total. The van der Waals surface area contributed by atoms with E-state index in [1.807, 2.05) is 23.6 Å². The van der Waals surface area contributed by atoms with Gasteiger partial charge in [-0.1, -0.05) is 0 Å². The van der Waals surface area contributed by atoms with Gasteiger partial charge < -0.3 is 25.9 Å². The first kappa shape index (κ1) is 16.1. The predicted octanol–water partition coefficient (Wildman–Crippen LogP) is 2.05. The van der Waals surface area contributed by atoms with Crippen molar-refractivity contribution in [3.8, 4) is 11.4 Å². The number of H-pyrrole nitrogens is 2. The maximum atomic E-state index is 12.6. The molecule has 0 aromatic carbocycles. The van der Waals surface area contributed by atoms with Crippen LogP contribution in [0.25, 0.3) is 32.8 Å². The summed E-state index contributed by atoms with van der Waals surface area (Å²) in [6, 6.07) is 6.94. The zero-order valence-corrected chi connectivity index (χ0v) is 15.8. The molecule has 2 atom stereocenters.